The van der Waals surface area contributed by atoms with E-state index in [2.05, 4.69) is 38.3 Å². The van der Waals surface area contributed by atoms with Gasteiger partial charge in [-0.1, -0.05) is 41.4 Å². The number of amides is 1. The molecule has 0 saturated heterocycles. The molecular weight excluding hydrogens is 583 g/mol. The Kier molecular flexibility index (Phi) is 9.49. The molecule has 11 heteroatoms. The molecule has 3 aromatic carbocycles. The summed E-state index contributed by atoms with van der Waals surface area (Å²) in [4.78, 5) is 30.4. The number of anilines is 1. The Morgan fingerprint density at radius 3 is 2.52 bits per heavy atom. The maximum Gasteiger partial charge on any atom is 0.282 e. The van der Waals surface area contributed by atoms with E-state index in [-0.39, 0.29) is 28.5 Å². The van der Waals surface area contributed by atoms with Gasteiger partial charge in [0, 0.05) is 16.5 Å². The first-order valence-electron chi connectivity index (χ1n) is 12.5. The summed E-state index contributed by atoms with van der Waals surface area (Å²) >= 11 is 3.41. The molecule has 9 nitrogen and oxygen atoms in total. The number of para-hydroxylation sites is 1. The number of carbonyl (C=O) groups excluding carboxylic acids is 1. The number of methoxy groups -OCH3 is 2. The van der Waals surface area contributed by atoms with Crippen molar-refractivity contribution >= 4 is 44.6 Å². The number of carbonyl (C=O) groups is 1. The Morgan fingerprint density at radius 1 is 1.12 bits per heavy atom. The third-order valence-corrected chi connectivity index (χ3v) is 6.42. The molecule has 1 heterocycles. The third kappa shape index (κ3) is 6.66. The summed E-state index contributed by atoms with van der Waals surface area (Å²) in [6.45, 7) is 1.65. The highest BCUT2D eigenvalue weighted by Crippen LogP contribution is 2.38. The van der Waals surface area contributed by atoms with Crippen LogP contribution in [0.3, 0.4) is 0 Å². The molecule has 0 atom stereocenters. The summed E-state index contributed by atoms with van der Waals surface area (Å²) in [5.74, 6) is 0.175. The van der Waals surface area contributed by atoms with Crippen LogP contribution >= 0.6 is 15.9 Å². The second-order valence-electron chi connectivity index (χ2n) is 8.73. The van der Waals surface area contributed by atoms with Gasteiger partial charge in [-0.3, -0.25) is 9.59 Å². The first-order chi connectivity index (χ1) is 19.3. The standard InChI is InChI=1S/C29H28BrFN4O5/c1-4-5-10-26-33-22-12-11-19(30)15-20(22)29(37)35(26)32-16-18-13-24(38-2)28(25(14-18)39-3)40-17-27(36)34-23-9-7-6-8-21(23)31/h6-9,11-16H,4-5,10,17H2,1-3H3,(H,34,36). The summed E-state index contributed by atoms with van der Waals surface area (Å²) in [5.41, 5.74) is 0.924. The normalized spacial score (nSPS) is 11.1. The third-order valence-electron chi connectivity index (χ3n) is 5.93. The van der Waals surface area contributed by atoms with Crippen LogP contribution in [0.2, 0.25) is 0 Å². The molecular formula is C29H28BrFN4O5. The minimum absolute atomic E-state index is 0.0469. The second-order valence-corrected chi connectivity index (χ2v) is 9.64. The lowest BCUT2D eigenvalue weighted by Gasteiger charge is -2.15. The molecule has 0 spiro atoms. The fraction of sp³-hybridized carbons (Fsp3) is 0.241. The SMILES string of the molecule is CCCCc1nc2ccc(Br)cc2c(=O)n1N=Cc1cc(OC)c(OCC(=O)Nc2ccccc2F)c(OC)c1. The van der Waals surface area contributed by atoms with Gasteiger partial charge in [0.1, 0.15) is 11.6 Å². The van der Waals surface area contributed by atoms with Crippen molar-refractivity contribution in [3.63, 3.8) is 0 Å². The molecule has 0 fully saturated rings. The highest BCUT2D eigenvalue weighted by molar-refractivity contribution is 9.10. The van der Waals surface area contributed by atoms with Crippen molar-refractivity contribution in [3.05, 3.63) is 86.6 Å². The van der Waals surface area contributed by atoms with Gasteiger partial charge < -0.3 is 19.5 Å². The van der Waals surface area contributed by atoms with Crippen LogP contribution in [0.4, 0.5) is 10.1 Å². The van der Waals surface area contributed by atoms with Crippen molar-refractivity contribution in [3.8, 4) is 17.2 Å². The van der Waals surface area contributed by atoms with Crippen molar-refractivity contribution in [1.82, 2.24) is 9.66 Å². The predicted molar refractivity (Wildman–Crippen MR) is 155 cm³/mol. The maximum absolute atomic E-state index is 13.9. The molecule has 4 aromatic rings. The molecule has 1 amide bonds. The van der Waals surface area contributed by atoms with Gasteiger partial charge in [0.05, 0.1) is 37.0 Å². The molecule has 0 bridgehead atoms. The van der Waals surface area contributed by atoms with Gasteiger partial charge >= 0.3 is 0 Å². The molecule has 0 aliphatic carbocycles. The fourth-order valence-corrected chi connectivity index (χ4v) is 4.30. The number of nitrogens with one attached hydrogen (secondary N) is 1. The summed E-state index contributed by atoms with van der Waals surface area (Å²) < 4.78 is 32.6. The molecule has 0 unspecified atom stereocenters. The summed E-state index contributed by atoms with van der Waals surface area (Å²) in [5, 5.41) is 7.38. The lowest BCUT2D eigenvalue weighted by atomic mass is 10.2. The van der Waals surface area contributed by atoms with E-state index in [9.17, 15) is 14.0 Å². The number of fused-ring (bicyclic) bond motifs is 1. The van der Waals surface area contributed by atoms with E-state index in [1.165, 1.54) is 43.3 Å². The molecule has 4 rings (SSSR count). The zero-order chi connectivity index (χ0) is 28.6. The van der Waals surface area contributed by atoms with Gasteiger partial charge in [0.25, 0.3) is 11.5 Å². The zero-order valence-corrected chi connectivity index (χ0v) is 23.8. The van der Waals surface area contributed by atoms with Gasteiger partial charge in [-0.15, -0.1) is 0 Å². The summed E-state index contributed by atoms with van der Waals surface area (Å²) in [7, 11) is 2.89. The molecule has 1 aromatic heterocycles. The highest BCUT2D eigenvalue weighted by atomic mass is 79.9. The van der Waals surface area contributed by atoms with Crippen LogP contribution in [-0.2, 0) is 11.2 Å². The minimum Gasteiger partial charge on any atom is -0.493 e. The van der Waals surface area contributed by atoms with E-state index in [0.717, 1.165) is 17.3 Å². The molecule has 1 N–H and O–H groups in total. The number of nitrogens with zero attached hydrogens (tertiary/aromatic N) is 3. The van der Waals surface area contributed by atoms with Crippen LogP contribution < -0.4 is 25.1 Å². The topological polar surface area (TPSA) is 104 Å². The van der Waals surface area contributed by atoms with Crippen molar-refractivity contribution in [1.29, 1.82) is 0 Å². The molecule has 0 aliphatic rings. The first-order valence-corrected chi connectivity index (χ1v) is 13.3. The molecule has 40 heavy (non-hydrogen) atoms. The average molecular weight is 611 g/mol. The van der Waals surface area contributed by atoms with Crippen LogP contribution in [0, 0.1) is 5.82 Å². The maximum atomic E-state index is 13.9. The number of unbranched alkanes of at least 4 members (excludes halogenated alkanes) is 1. The van der Waals surface area contributed by atoms with Crippen LogP contribution in [0.25, 0.3) is 10.9 Å². The van der Waals surface area contributed by atoms with Crippen molar-refractivity contribution in [2.45, 2.75) is 26.2 Å². The first kappa shape index (κ1) is 28.8. The summed E-state index contributed by atoms with van der Waals surface area (Å²) in [6, 6.07) is 14.5. The van der Waals surface area contributed by atoms with Crippen molar-refractivity contribution < 1.29 is 23.4 Å². The van der Waals surface area contributed by atoms with E-state index >= 15 is 0 Å². The van der Waals surface area contributed by atoms with Gasteiger partial charge in [-0.2, -0.15) is 9.78 Å². The van der Waals surface area contributed by atoms with Crippen molar-refractivity contribution in [2.24, 2.45) is 5.10 Å². The van der Waals surface area contributed by atoms with E-state index in [1.807, 2.05) is 6.07 Å². The smallest absolute Gasteiger partial charge is 0.282 e. The van der Waals surface area contributed by atoms with Crippen LogP contribution in [-0.4, -0.2) is 42.6 Å². The number of benzene rings is 3. The van der Waals surface area contributed by atoms with E-state index in [4.69, 9.17) is 14.2 Å². The van der Waals surface area contributed by atoms with Gasteiger partial charge in [-0.25, -0.2) is 9.37 Å². The van der Waals surface area contributed by atoms with Gasteiger partial charge in [0.2, 0.25) is 5.75 Å². The average Bonchev–Trinajstić information content (AvgIpc) is 2.95. The lowest BCUT2D eigenvalue weighted by molar-refractivity contribution is -0.118. The Bertz CT molecular complexity index is 1600. The predicted octanol–water partition coefficient (Wildman–Crippen LogP) is 5.56. The van der Waals surface area contributed by atoms with Crippen LogP contribution in [0.1, 0.15) is 31.2 Å². The number of rotatable bonds is 11. The zero-order valence-electron chi connectivity index (χ0n) is 22.2. The lowest BCUT2D eigenvalue weighted by Crippen LogP contribution is -2.22. The Labute approximate surface area is 238 Å². The van der Waals surface area contributed by atoms with E-state index in [1.54, 1.807) is 30.3 Å². The molecule has 208 valence electrons. The Balaban J connectivity index is 1.62. The van der Waals surface area contributed by atoms with Gasteiger partial charge in [0.15, 0.2) is 18.1 Å². The number of halogens is 2. The molecule has 0 aliphatic heterocycles. The monoisotopic (exact) mass is 610 g/mol. The van der Waals surface area contributed by atoms with E-state index < -0.39 is 18.3 Å². The highest BCUT2D eigenvalue weighted by Gasteiger charge is 2.17. The number of ether oxygens (including phenoxy) is 3. The largest absolute Gasteiger partial charge is 0.493 e. The number of aromatic nitrogens is 2. The van der Waals surface area contributed by atoms with Crippen LogP contribution in [0.15, 0.2) is 69.0 Å². The Hall–Kier alpha value is -4.25. The Morgan fingerprint density at radius 2 is 1.85 bits per heavy atom. The van der Waals surface area contributed by atoms with Crippen LogP contribution in [0.5, 0.6) is 17.2 Å². The number of aryl methyl sites for hydroxylation is 1. The number of hydrogen-bond donors (Lipinski definition) is 1. The molecule has 0 radical (unpaired) electrons. The quantitative estimate of drug-likeness (QED) is 0.223. The molecule has 0 saturated carbocycles. The minimum atomic E-state index is -0.561. The number of hydrogen-bond acceptors (Lipinski definition) is 7. The van der Waals surface area contributed by atoms with Crippen molar-refractivity contribution in [2.75, 3.05) is 26.1 Å². The van der Waals surface area contributed by atoms with Gasteiger partial charge in [-0.05, 0) is 48.9 Å². The fourth-order valence-electron chi connectivity index (χ4n) is 3.94. The second kappa shape index (κ2) is 13.2. The summed E-state index contributed by atoms with van der Waals surface area (Å²) in [6.07, 6.45) is 3.87. The van der Waals surface area contributed by atoms with E-state index in [0.29, 0.717) is 28.7 Å².